The zero-order valence-corrected chi connectivity index (χ0v) is 14.2. The minimum absolute atomic E-state index is 0.136. The second kappa shape index (κ2) is 7.28. The molecule has 0 saturated carbocycles. The van der Waals surface area contributed by atoms with Crippen LogP contribution in [0, 0.1) is 6.92 Å². The largest absolute Gasteiger partial charge is 0.480 e. The third kappa shape index (κ3) is 4.52. The number of carbonyl (C=O) groups is 2. The van der Waals surface area contributed by atoms with Gasteiger partial charge < -0.3 is 19.2 Å². The molecule has 1 amide bonds. The predicted molar refractivity (Wildman–Crippen MR) is 80.9 cm³/mol. The first-order valence-electron chi connectivity index (χ1n) is 7.16. The molecular weight excluding hydrogens is 342 g/mol. The minimum atomic E-state index is -3.71. The SMILES string of the molecule is Cc1ocnc1C(=O)N1CCOC(CN(CC(=O)O)S(C)(=O)=O)C1. The van der Waals surface area contributed by atoms with E-state index in [9.17, 15) is 18.0 Å². The molecule has 1 unspecified atom stereocenters. The number of hydrogen-bond donors (Lipinski definition) is 1. The van der Waals surface area contributed by atoms with Gasteiger partial charge in [-0.3, -0.25) is 9.59 Å². The number of nitrogens with zero attached hydrogens (tertiary/aromatic N) is 3. The number of carboxylic acids is 1. The van der Waals surface area contributed by atoms with Crippen LogP contribution in [-0.2, 0) is 19.6 Å². The predicted octanol–water partition coefficient (Wildman–Crippen LogP) is -0.830. The average molecular weight is 361 g/mol. The number of carbonyl (C=O) groups excluding carboxylic acids is 1. The first-order valence-corrected chi connectivity index (χ1v) is 9.01. The molecule has 1 aromatic rings. The monoisotopic (exact) mass is 361 g/mol. The second-order valence-corrected chi connectivity index (χ2v) is 7.43. The summed E-state index contributed by atoms with van der Waals surface area (Å²) in [6.45, 7) is 1.51. The standard InChI is InChI=1S/C13H19N3O7S/c1-9-12(14-8-23-9)13(19)15-3-4-22-10(5-15)6-16(7-11(17)18)24(2,20)21/h8,10H,3-7H2,1-2H3,(H,17,18). The van der Waals surface area contributed by atoms with Crippen molar-refractivity contribution < 1.29 is 32.3 Å². The summed E-state index contributed by atoms with van der Waals surface area (Å²) in [4.78, 5) is 28.6. The molecule has 1 fully saturated rings. The third-order valence-corrected chi connectivity index (χ3v) is 4.78. The lowest BCUT2D eigenvalue weighted by molar-refractivity contribution is -0.137. The van der Waals surface area contributed by atoms with Gasteiger partial charge in [0, 0.05) is 19.6 Å². The van der Waals surface area contributed by atoms with Crippen LogP contribution in [0.25, 0.3) is 0 Å². The maximum absolute atomic E-state index is 12.4. The number of aryl methyl sites for hydroxylation is 1. The van der Waals surface area contributed by atoms with Crippen molar-refractivity contribution in [1.82, 2.24) is 14.2 Å². The van der Waals surface area contributed by atoms with Crippen molar-refractivity contribution in [1.29, 1.82) is 0 Å². The molecule has 2 heterocycles. The number of rotatable bonds is 6. The van der Waals surface area contributed by atoms with Crippen molar-refractivity contribution in [3.8, 4) is 0 Å². The fourth-order valence-corrected chi connectivity index (χ4v) is 3.15. The molecule has 0 aliphatic carbocycles. The number of ether oxygens (including phenoxy) is 1. The Balaban J connectivity index is 2.05. The van der Waals surface area contributed by atoms with Crippen LogP contribution < -0.4 is 0 Å². The molecule has 0 bridgehead atoms. The molecule has 1 aromatic heterocycles. The van der Waals surface area contributed by atoms with Crippen LogP contribution in [0.1, 0.15) is 16.2 Å². The summed E-state index contributed by atoms with van der Waals surface area (Å²) < 4.78 is 34.7. The van der Waals surface area contributed by atoms with E-state index in [1.54, 1.807) is 6.92 Å². The van der Waals surface area contributed by atoms with Crippen LogP contribution in [-0.4, -0.2) is 84.7 Å². The zero-order valence-electron chi connectivity index (χ0n) is 13.3. The molecule has 24 heavy (non-hydrogen) atoms. The van der Waals surface area contributed by atoms with Crippen LogP contribution >= 0.6 is 0 Å². The quantitative estimate of drug-likeness (QED) is 0.695. The van der Waals surface area contributed by atoms with Crippen molar-refractivity contribution in [3.05, 3.63) is 17.8 Å². The first kappa shape index (κ1) is 18.4. The van der Waals surface area contributed by atoms with Crippen LogP contribution in [0.3, 0.4) is 0 Å². The van der Waals surface area contributed by atoms with Crippen molar-refractivity contribution in [2.24, 2.45) is 0 Å². The van der Waals surface area contributed by atoms with E-state index in [-0.39, 0.29) is 31.3 Å². The number of morpholine rings is 1. The zero-order chi connectivity index (χ0) is 17.9. The molecule has 1 aliphatic rings. The molecule has 1 atom stereocenters. The average Bonchev–Trinajstić information content (AvgIpc) is 2.91. The molecule has 11 heteroatoms. The van der Waals surface area contributed by atoms with Gasteiger partial charge in [-0.25, -0.2) is 13.4 Å². The van der Waals surface area contributed by atoms with E-state index in [0.29, 0.717) is 12.3 Å². The third-order valence-electron chi connectivity index (χ3n) is 3.56. The van der Waals surface area contributed by atoms with E-state index in [0.717, 1.165) is 10.6 Å². The summed E-state index contributed by atoms with van der Waals surface area (Å²) in [5.74, 6) is -1.20. The molecule has 0 aromatic carbocycles. The molecule has 0 spiro atoms. The summed E-state index contributed by atoms with van der Waals surface area (Å²) in [6, 6.07) is 0. The van der Waals surface area contributed by atoms with Gasteiger partial charge in [-0.1, -0.05) is 0 Å². The molecular formula is C13H19N3O7S. The number of oxazole rings is 1. The summed E-state index contributed by atoms with van der Waals surface area (Å²) in [6.07, 6.45) is 1.49. The fourth-order valence-electron chi connectivity index (χ4n) is 2.37. The van der Waals surface area contributed by atoms with Gasteiger partial charge >= 0.3 is 5.97 Å². The smallest absolute Gasteiger partial charge is 0.318 e. The number of aliphatic carboxylic acids is 1. The van der Waals surface area contributed by atoms with Crippen molar-refractivity contribution >= 4 is 21.9 Å². The van der Waals surface area contributed by atoms with E-state index < -0.39 is 28.6 Å². The fraction of sp³-hybridized carbons (Fsp3) is 0.615. The Hall–Kier alpha value is -1.98. The number of carboxylic acid groups (broad SMARTS) is 1. The van der Waals surface area contributed by atoms with Crippen molar-refractivity contribution in [2.75, 3.05) is 39.0 Å². The van der Waals surface area contributed by atoms with E-state index in [4.69, 9.17) is 14.3 Å². The van der Waals surface area contributed by atoms with Crippen LogP contribution in [0.4, 0.5) is 0 Å². The van der Waals surface area contributed by atoms with Crippen LogP contribution in [0.2, 0.25) is 0 Å². The number of sulfonamides is 1. The van der Waals surface area contributed by atoms with Gasteiger partial charge in [-0.05, 0) is 6.92 Å². The Morgan fingerprint density at radius 2 is 2.21 bits per heavy atom. The second-order valence-electron chi connectivity index (χ2n) is 5.45. The molecule has 10 nitrogen and oxygen atoms in total. The van der Waals surface area contributed by atoms with Gasteiger partial charge in [0.15, 0.2) is 12.1 Å². The van der Waals surface area contributed by atoms with E-state index >= 15 is 0 Å². The molecule has 134 valence electrons. The Morgan fingerprint density at radius 3 is 2.75 bits per heavy atom. The summed E-state index contributed by atoms with van der Waals surface area (Å²) in [7, 11) is -3.71. The van der Waals surface area contributed by atoms with Crippen molar-refractivity contribution in [2.45, 2.75) is 13.0 Å². The van der Waals surface area contributed by atoms with Crippen molar-refractivity contribution in [3.63, 3.8) is 0 Å². The van der Waals surface area contributed by atoms with Crippen LogP contribution in [0.5, 0.6) is 0 Å². The Kier molecular flexibility index (Phi) is 5.57. The molecule has 1 aliphatic heterocycles. The summed E-state index contributed by atoms with van der Waals surface area (Å²) in [5, 5.41) is 8.84. The first-order chi connectivity index (χ1) is 11.2. The minimum Gasteiger partial charge on any atom is -0.480 e. The number of aromatic nitrogens is 1. The van der Waals surface area contributed by atoms with E-state index in [1.165, 1.54) is 11.3 Å². The Labute approximate surface area is 139 Å². The molecule has 1 saturated heterocycles. The highest BCUT2D eigenvalue weighted by atomic mass is 32.2. The maximum atomic E-state index is 12.4. The van der Waals surface area contributed by atoms with E-state index in [1.807, 2.05) is 0 Å². The highest BCUT2D eigenvalue weighted by molar-refractivity contribution is 7.88. The molecule has 0 radical (unpaired) electrons. The Bertz CT molecular complexity index is 715. The van der Waals surface area contributed by atoms with Gasteiger partial charge in [0.25, 0.3) is 5.91 Å². The lowest BCUT2D eigenvalue weighted by Gasteiger charge is -2.34. The molecule has 2 rings (SSSR count). The summed E-state index contributed by atoms with van der Waals surface area (Å²) >= 11 is 0. The van der Waals surface area contributed by atoms with Gasteiger partial charge in [0.1, 0.15) is 12.3 Å². The topological polar surface area (TPSA) is 130 Å². The van der Waals surface area contributed by atoms with E-state index in [2.05, 4.69) is 4.98 Å². The Morgan fingerprint density at radius 1 is 1.50 bits per heavy atom. The lowest BCUT2D eigenvalue weighted by atomic mass is 10.2. The van der Waals surface area contributed by atoms with Gasteiger partial charge in [-0.2, -0.15) is 4.31 Å². The lowest BCUT2D eigenvalue weighted by Crippen LogP contribution is -2.51. The highest BCUT2D eigenvalue weighted by Gasteiger charge is 2.31. The van der Waals surface area contributed by atoms with Gasteiger partial charge in [0.05, 0.1) is 19.0 Å². The number of hydrogen-bond acceptors (Lipinski definition) is 7. The molecule has 1 N–H and O–H groups in total. The van der Waals surface area contributed by atoms with Crippen LogP contribution in [0.15, 0.2) is 10.8 Å². The maximum Gasteiger partial charge on any atom is 0.318 e. The normalized spacial score (nSPS) is 18.8. The number of amides is 1. The van der Waals surface area contributed by atoms with Gasteiger partial charge in [0.2, 0.25) is 10.0 Å². The highest BCUT2D eigenvalue weighted by Crippen LogP contribution is 2.14. The summed E-state index contributed by atoms with van der Waals surface area (Å²) in [5.41, 5.74) is 0.196. The van der Waals surface area contributed by atoms with Gasteiger partial charge in [-0.15, -0.1) is 0 Å².